The van der Waals surface area contributed by atoms with E-state index in [4.69, 9.17) is 4.74 Å². The monoisotopic (exact) mass is 376 g/mol. The van der Waals surface area contributed by atoms with Crippen molar-refractivity contribution in [1.82, 2.24) is 0 Å². The molecule has 0 fully saturated rings. The maximum atomic E-state index is 13.4. The van der Waals surface area contributed by atoms with E-state index in [0.717, 1.165) is 28.0 Å². The minimum absolute atomic E-state index is 0.00911. The van der Waals surface area contributed by atoms with Gasteiger partial charge in [0.25, 0.3) is 0 Å². The average molecular weight is 376 g/mol. The Morgan fingerprint density at radius 1 is 0.655 bits per heavy atom. The Morgan fingerprint density at radius 3 is 2.14 bits per heavy atom. The molecule has 0 bridgehead atoms. The van der Waals surface area contributed by atoms with Crippen LogP contribution in [0.2, 0.25) is 0 Å². The Balaban J connectivity index is 1.87. The lowest BCUT2D eigenvalue weighted by Crippen LogP contribution is -2.40. The normalized spacial score (nSPS) is 18.3. The highest BCUT2D eigenvalue weighted by Gasteiger charge is 2.51. The molecule has 138 valence electrons. The summed E-state index contributed by atoms with van der Waals surface area (Å²) in [4.78, 5) is 13.4. The molecule has 0 amide bonds. The lowest BCUT2D eigenvalue weighted by Gasteiger charge is -2.45. The van der Waals surface area contributed by atoms with E-state index in [9.17, 15) is 9.90 Å². The lowest BCUT2D eigenvalue weighted by molar-refractivity contribution is 0.103. The molecule has 0 aromatic heterocycles. The van der Waals surface area contributed by atoms with Crippen LogP contribution in [-0.4, -0.2) is 10.9 Å². The van der Waals surface area contributed by atoms with Gasteiger partial charge in [-0.15, -0.1) is 0 Å². The maximum absolute atomic E-state index is 13.4. The minimum Gasteiger partial charge on any atom is -0.508 e. The zero-order chi connectivity index (χ0) is 19.6. The van der Waals surface area contributed by atoms with E-state index in [0.29, 0.717) is 16.9 Å². The summed E-state index contributed by atoms with van der Waals surface area (Å²) in [5, 5.41) is 9.93. The van der Waals surface area contributed by atoms with Crippen LogP contribution in [0.15, 0.2) is 91.0 Å². The molecule has 0 saturated heterocycles. The number of hydrogen-bond acceptors (Lipinski definition) is 3. The van der Waals surface area contributed by atoms with Crippen molar-refractivity contribution in [2.45, 2.75) is 5.41 Å². The largest absolute Gasteiger partial charge is 0.508 e. The van der Waals surface area contributed by atoms with Crippen LogP contribution in [0.25, 0.3) is 0 Å². The molecule has 4 aromatic rings. The number of phenolic OH excluding ortho intramolecular Hbond substituents is 1. The number of hydrogen-bond donors (Lipinski definition) is 1. The van der Waals surface area contributed by atoms with Crippen LogP contribution in [0.4, 0.5) is 0 Å². The van der Waals surface area contributed by atoms with Gasteiger partial charge in [-0.05, 0) is 35.4 Å². The molecule has 0 saturated carbocycles. The molecule has 1 aliphatic heterocycles. The maximum Gasteiger partial charge on any atom is 0.193 e. The van der Waals surface area contributed by atoms with Crippen molar-refractivity contribution in [2.24, 2.45) is 0 Å². The first kappa shape index (κ1) is 16.1. The summed E-state index contributed by atoms with van der Waals surface area (Å²) in [6, 6.07) is 28.7. The van der Waals surface area contributed by atoms with Crippen LogP contribution in [0.1, 0.15) is 38.2 Å². The Morgan fingerprint density at radius 2 is 1.31 bits per heavy atom. The summed E-state index contributed by atoms with van der Waals surface area (Å²) in [6.07, 6.45) is 0. The van der Waals surface area contributed by atoms with Gasteiger partial charge in [0.05, 0.1) is 5.41 Å². The van der Waals surface area contributed by atoms with Crippen LogP contribution >= 0.6 is 0 Å². The summed E-state index contributed by atoms with van der Waals surface area (Å²) in [5.74, 6) is 1.68. The minimum atomic E-state index is -0.695. The Labute approximate surface area is 167 Å². The molecule has 1 aliphatic carbocycles. The van der Waals surface area contributed by atoms with Gasteiger partial charge in [0, 0.05) is 22.3 Å². The predicted molar refractivity (Wildman–Crippen MR) is 110 cm³/mol. The van der Waals surface area contributed by atoms with E-state index >= 15 is 0 Å². The molecule has 29 heavy (non-hydrogen) atoms. The van der Waals surface area contributed by atoms with Crippen molar-refractivity contribution in [3.8, 4) is 17.2 Å². The average Bonchev–Trinajstić information content (AvgIpc) is 2.77. The number of carbonyl (C=O) groups excluding carboxylic acids is 1. The molecular formula is C26H16O3. The second-order valence-corrected chi connectivity index (χ2v) is 7.45. The first-order valence-corrected chi connectivity index (χ1v) is 9.56. The fraction of sp³-hybridized carbons (Fsp3) is 0.0385. The molecular weight excluding hydrogens is 360 g/mol. The number of benzene rings is 4. The number of para-hydroxylation sites is 1. The van der Waals surface area contributed by atoms with Crippen LogP contribution in [0.3, 0.4) is 0 Å². The van der Waals surface area contributed by atoms with E-state index in [1.165, 1.54) is 0 Å². The Bertz CT molecular complexity index is 1300. The first-order chi connectivity index (χ1) is 14.2. The summed E-state index contributed by atoms with van der Waals surface area (Å²) < 4.78 is 6.26. The van der Waals surface area contributed by atoms with E-state index in [1.807, 2.05) is 72.8 Å². The zero-order valence-electron chi connectivity index (χ0n) is 15.4. The first-order valence-electron chi connectivity index (χ1n) is 9.56. The van der Waals surface area contributed by atoms with Gasteiger partial charge in [-0.25, -0.2) is 0 Å². The zero-order valence-corrected chi connectivity index (χ0v) is 15.4. The smallest absolute Gasteiger partial charge is 0.193 e. The van der Waals surface area contributed by atoms with Gasteiger partial charge < -0.3 is 9.84 Å². The lowest BCUT2D eigenvalue weighted by atomic mass is 9.58. The standard InChI is InChI=1S/C26H16O3/c27-17-14-12-16(13-15-17)26-20-8-2-1-6-18(20)25(28)19-7-5-11-23(24(19)26)29-22-10-4-3-9-21(22)26/h1-15,27H/t26-/m1/s1. The number of aromatic hydroxyl groups is 1. The number of carbonyl (C=O) groups is 1. The number of fused-ring (bicyclic) bond motifs is 4. The fourth-order valence-electron chi connectivity index (χ4n) is 4.91. The van der Waals surface area contributed by atoms with Crippen LogP contribution in [0, 0.1) is 0 Å². The number of phenols is 1. The number of ether oxygens (including phenoxy) is 1. The molecule has 0 unspecified atom stereocenters. The third-order valence-corrected chi connectivity index (χ3v) is 6.03. The van der Waals surface area contributed by atoms with E-state index < -0.39 is 5.41 Å². The highest BCUT2D eigenvalue weighted by Crippen LogP contribution is 2.59. The second-order valence-electron chi connectivity index (χ2n) is 7.45. The third kappa shape index (κ3) is 1.94. The summed E-state index contributed by atoms with van der Waals surface area (Å²) in [5.41, 5.74) is 4.44. The van der Waals surface area contributed by atoms with Crippen molar-refractivity contribution in [3.63, 3.8) is 0 Å². The van der Waals surface area contributed by atoms with E-state index in [-0.39, 0.29) is 11.5 Å². The Hall–Kier alpha value is -3.85. The fourth-order valence-corrected chi connectivity index (χ4v) is 4.91. The van der Waals surface area contributed by atoms with Crippen LogP contribution < -0.4 is 4.74 Å². The highest BCUT2D eigenvalue weighted by atomic mass is 16.5. The number of ketones is 1. The molecule has 3 heteroatoms. The summed E-state index contributed by atoms with van der Waals surface area (Å²) >= 11 is 0. The van der Waals surface area contributed by atoms with Crippen molar-refractivity contribution in [2.75, 3.05) is 0 Å². The SMILES string of the molecule is O=C1c2ccccc2[C@]2(c3ccc(O)cc3)c3ccccc3Oc3cccc1c32. The van der Waals surface area contributed by atoms with Gasteiger partial charge in [-0.3, -0.25) is 4.79 Å². The van der Waals surface area contributed by atoms with Gasteiger partial charge in [0.2, 0.25) is 0 Å². The molecule has 2 aliphatic rings. The summed E-state index contributed by atoms with van der Waals surface area (Å²) in [6.45, 7) is 0. The van der Waals surface area contributed by atoms with E-state index in [1.54, 1.807) is 12.1 Å². The topological polar surface area (TPSA) is 46.5 Å². The van der Waals surface area contributed by atoms with Gasteiger partial charge >= 0.3 is 0 Å². The van der Waals surface area contributed by atoms with Gasteiger partial charge in [-0.2, -0.15) is 0 Å². The van der Waals surface area contributed by atoms with Crippen LogP contribution in [0.5, 0.6) is 17.2 Å². The Kier molecular flexibility index (Phi) is 3.11. The molecule has 1 atom stereocenters. The highest BCUT2D eigenvalue weighted by molar-refractivity contribution is 6.14. The van der Waals surface area contributed by atoms with Gasteiger partial charge in [0.15, 0.2) is 5.78 Å². The quantitative estimate of drug-likeness (QED) is 0.416. The van der Waals surface area contributed by atoms with Crippen LogP contribution in [-0.2, 0) is 5.41 Å². The van der Waals surface area contributed by atoms with Gasteiger partial charge in [-0.1, -0.05) is 66.7 Å². The van der Waals surface area contributed by atoms with Gasteiger partial charge in [0.1, 0.15) is 17.2 Å². The number of rotatable bonds is 1. The van der Waals surface area contributed by atoms with E-state index in [2.05, 4.69) is 6.07 Å². The third-order valence-electron chi connectivity index (χ3n) is 6.03. The molecule has 4 aromatic carbocycles. The van der Waals surface area contributed by atoms with Crippen molar-refractivity contribution in [3.05, 3.63) is 124 Å². The molecule has 0 radical (unpaired) electrons. The van der Waals surface area contributed by atoms with Crippen molar-refractivity contribution < 1.29 is 14.6 Å². The molecule has 6 rings (SSSR count). The molecule has 0 spiro atoms. The molecule has 3 nitrogen and oxygen atoms in total. The van der Waals surface area contributed by atoms with Crippen molar-refractivity contribution in [1.29, 1.82) is 0 Å². The van der Waals surface area contributed by atoms with Crippen molar-refractivity contribution >= 4 is 5.78 Å². The second kappa shape index (κ2) is 5.58. The summed E-state index contributed by atoms with van der Waals surface area (Å²) in [7, 11) is 0. The molecule has 1 N–H and O–H groups in total. The molecule has 1 heterocycles. The predicted octanol–water partition coefficient (Wildman–Crippen LogP) is 5.43.